The lowest BCUT2D eigenvalue weighted by Crippen LogP contribution is -2.33. The first-order valence-corrected chi connectivity index (χ1v) is 11.0. The van der Waals surface area contributed by atoms with Gasteiger partial charge in [0, 0.05) is 5.56 Å². The van der Waals surface area contributed by atoms with Crippen LogP contribution >= 0.6 is 0 Å². The Labute approximate surface area is 193 Å². The highest BCUT2D eigenvalue weighted by atomic mass is 16.5. The quantitative estimate of drug-likeness (QED) is 0.278. The number of hydrogen-bond acceptors (Lipinski definition) is 4. The fourth-order valence-corrected chi connectivity index (χ4v) is 3.56. The summed E-state index contributed by atoms with van der Waals surface area (Å²) in [6.45, 7) is 4.17. The molecule has 5 heteroatoms. The molecule has 166 valence electrons. The number of ether oxygens (including phenoxy) is 2. The normalized spacial score (nSPS) is 11.9. The monoisotopic (exact) mass is 438 g/mol. The Morgan fingerprint density at radius 3 is 2.36 bits per heavy atom. The summed E-state index contributed by atoms with van der Waals surface area (Å²) in [7, 11) is 0. The van der Waals surface area contributed by atoms with Gasteiger partial charge < -0.3 is 9.47 Å². The summed E-state index contributed by atoms with van der Waals surface area (Å²) in [5.74, 6) is 1.00. The van der Waals surface area contributed by atoms with E-state index in [1.165, 1.54) is 0 Å². The van der Waals surface area contributed by atoms with Crippen LogP contribution in [0.1, 0.15) is 19.4 Å². The van der Waals surface area contributed by atoms with Crippen LogP contribution in [-0.4, -0.2) is 24.8 Å². The molecule has 5 nitrogen and oxygen atoms in total. The molecule has 33 heavy (non-hydrogen) atoms. The van der Waals surface area contributed by atoms with Gasteiger partial charge >= 0.3 is 0 Å². The predicted octanol–water partition coefficient (Wildman–Crippen LogP) is 5.82. The number of fused-ring (bicyclic) bond motifs is 1. The third kappa shape index (κ3) is 5.39. The minimum absolute atomic E-state index is 0.336. The number of carbonyl (C=O) groups is 1. The zero-order chi connectivity index (χ0) is 23.0. The molecule has 0 aromatic heterocycles. The lowest BCUT2D eigenvalue weighted by molar-refractivity contribution is -0.127. The van der Waals surface area contributed by atoms with Gasteiger partial charge in [0.25, 0.3) is 5.91 Å². The van der Waals surface area contributed by atoms with E-state index in [0.717, 1.165) is 33.2 Å². The highest BCUT2D eigenvalue weighted by Gasteiger charge is 2.14. The summed E-state index contributed by atoms with van der Waals surface area (Å²) in [6.07, 6.45) is 0.913. The molecule has 4 aromatic rings. The minimum atomic E-state index is -0.705. The van der Waals surface area contributed by atoms with Crippen LogP contribution in [0.25, 0.3) is 21.9 Å². The van der Waals surface area contributed by atoms with Crippen molar-refractivity contribution in [2.75, 3.05) is 6.61 Å². The van der Waals surface area contributed by atoms with E-state index in [2.05, 4.69) is 22.7 Å². The van der Waals surface area contributed by atoms with Crippen molar-refractivity contribution < 1.29 is 14.3 Å². The van der Waals surface area contributed by atoms with Crippen molar-refractivity contribution in [1.29, 1.82) is 0 Å². The van der Waals surface area contributed by atoms with Crippen LogP contribution in [0.3, 0.4) is 0 Å². The molecule has 1 amide bonds. The first-order valence-electron chi connectivity index (χ1n) is 11.0. The number of hydrogen-bond donors (Lipinski definition) is 1. The van der Waals surface area contributed by atoms with Crippen molar-refractivity contribution in [2.24, 2.45) is 5.10 Å². The number of nitrogens with one attached hydrogen (secondary N) is 1. The van der Waals surface area contributed by atoms with Crippen LogP contribution in [0.2, 0.25) is 0 Å². The van der Waals surface area contributed by atoms with E-state index in [-0.39, 0.29) is 5.91 Å². The SMILES string of the molecule is CCOc1ccc2ccccc2c1/C=N/NC(=O)C(C)Oc1ccc(-c2ccccc2)cc1. The fourth-order valence-electron chi connectivity index (χ4n) is 3.56. The van der Waals surface area contributed by atoms with Crippen LogP contribution < -0.4 is 14.9 Å². The van der Waals surface area contributed by atoms with Gasteiger partial charge in [-0.1, -0.05) is 72.8 Å². The Hall–Kier alpha value is -4.12. The van der Waals surface area contributed by atoms with Gasteiger partial charge in [0.1, 0.15) is 11.5 Å². The van der Waals surface area contributed by atoms with Gasteiger partial charge in [-0.05, 0) is 53.9 Å². The largest absolute Gasteiger partial charge is 0.493 e. The predicted molar refractivity (Wildman–Crippen MR) is 133 cm³/mol. The summed E-state index contributed by atoms with van der Waals surface area (Å²) < 4.78 is 11.5. The number of nitrogens with zero attached hydrogens (tertiary/aromatic N) is 1. The fraction of sp³-hybridized carbons (Fsp3) is 0.143. The summed E-state index contributed by atoms with van der Waals surface area (Å²) >= 11 is 0. The lowest BCUT2D eigenvalue weighted by atomic mass is 10.0. The highest BCUT2D eigenvalue weighted by molar-refractivity contribution is 6.02. The van der Waals surface area contributed by atoms with Gasteiger partial charge in [-0.25, -0.2) is 5.43 Å². The van der Waals surface area contributed by atoms with E-state index < -0.39 is 6.10 Å². The summed E-state index contributed by atoms with van der Waals surface area (Å²) in [6, 6.07) is 29.7. The number of benzene rings is 4. The van der Waals surface area contributed by atoms with Crippen LogP contribution in [-0.2, 0) is 4.79 Å². The first-order chi connectivity index (χ1) is 16.2. The summed E-state index contributed by atoms with van der Waals surface area (Å²) in [5, 5.41) is 6.24. The van der Waals surface area contributed by atoms with Gasteiger partial charge in [-0.15, -0.1) is 0 Å². The summed E-state index contributed by atoms with van der Waals surface area (Å²) in [4.78, 5) is 12.5. The van der Waals surface area contributed by atoms with Crippen molar-refractivity contribution in [2.45, 2.75) is 20.0 Å². The average molecular weight is 439 g/mol. The second-order valence-electron chi connectivity index (χ2n) is 7.52. The van der Waals surface area contributed by atoms with Crippen molar-refractivity contribution >= 4 is 22.9 Å². The Bertz CT molecular complexity index is 1250. The number of hydrazone groups is 1. The van der Waals surface area contributed by atoms with Crippen molar-refractivity contribution in [3.8, 4) is 22.6 Å². The van der Waals surface area contributed by atoms with Gasteiger partial charge in [-0.3, -0.25) is 4.79 Å². The topological polar surface area (TPSA) is 59.9 Å². The molecule has 0 saturated heterocycles. The second-order valence-corrected chi connectivity index (χ2v) is 7.52. The molecule has 4 rings (SSSR count). The highest BCUT2D eigenvalue weighted by Crippen LogP contribution is 2.27. The molecule has 0 aliphatic rings. The molecule has 0 bridgehead atoms. The standard InChI is InChI=1S/C28H26N2O3/c1-3-32-27-18-15-23-11-7-8-12-25(23)26(27)19-29-30-28(31)20(2)33-24-16-13-22(14-17-24)21-9-5-4-6-10-21/h4-20H,3H2,1-2H3,(H,30,31)/b29-19+. The molecule has 0 aliphatic heterocycles. The van der Waals surface area contributed by atoms with E-state index in [4.69, 9.17) is 9.47 Å². The zero-order valence-electron chi connectivity index (χ0n) is 18.7. The molecule has 0 radical (unpaired) electrons. The van der Waals surface area contributed by atoms with Gasteiger partial charge in [0.05, 0.1) is 12.8 Å². The summed E-state index contributed by atoms with van der Waals surface area (Å²) in [5.41, 5.74) is 5.61. The molecule has 0 heterocycles. The van der Waals surface area contributed by atoms with Gasteiger partial charge in [0.2, 0.25) is 0 Å². The maximum atomic E-state index is 12.5. The number of amides is 1. The Morgan fingerprint density at radius 2 is 1.61 bits per heavy atom. The third-order valence-electron chi connectivity index (χ3n) is 5.24. The van der Waals surface area contributed by atoms with Crippen LogP contribution in [0, 0.1) is 0 Å². The first kappa shape index (κ1) is 22.1. The number of rotatable bonds is 8. The number of carbonyl (C=O) groups excluding carboxylic acids is 1. The molecule has 0 aliphatic carbocycles. The zero-order valence-corrected chi connectivity index (χ0v) is 18.7. The van der Waals surface area contributed by atoms with E-state index in [0.29, 0.717) is 12.4 Å². The molecule has 1 atom stereocenters. The van der Waals surface area contributed by atoms with Gasteiger partial charge in [0.15, 0.2) is 6.10 Å². The Kier molecular flexibility index (Phi) is 7.00. The molecule has 1 unspecified atom stereocenters. The lowest BCUT2D eigenvalue weighted by Gasteiger charge is -2.14. The van der Waals surface area contributed by atoms with Crippen molar-refractivity contribution in [3.05, 3.63) is 96.6 Å². The smallest absolute Gasteiger partial charge is 0.280 e. The Balaban J connectivity index is 1.41. The molecule has 4 aromatic carbocycles. The van der Waals surface area contributed by atoms with Crippen LogP contribution in [0.4, 0.5) is 0 Å². The van der Waals surface area contributed by atoms with E-state index in [1.54, 1.807) is 13.1 Å². The average Bonchev–Trinajstić information content (AvgIpc) is 2.86. The van der Waals surface area contributed by atoms with Crippen LogP contribution in [0.5, 0.6) is 11.5 Å². The third-order valence-corrected chi connectivity index (χ3v) is 5.24. The minimum Gasteiger partial charge on any atom is -0.493 e. The van der Waals surface area contributed by atoms with Crippen LogP contribution in [0.15, 0.2) is 96.1 Å². The molecular weight excluding hydrogens is 412 g/mol. The van der Waals surface area contributed by atoms with Gasteiger partial charge in [-0.2, -0.15) is 5.10 Å². The molecule has 0 fully saturated rings. The molecule has 0 spiro atoms. The van der Waals surface area contributed by atoms with E-state index in [9.17, 15) is 4.79 Å². The maximum absolute atomic E-state index is 12.5. The van der Waals surface area contributed by atoms with Crippen molar-refractivity contribution in [1.82, 2.24) is 5.43 Å². The second kappa shape index (κ2) is 10.5. The Morgan fingerprint density at radius 1 is 0.909 bits per heavy atom. The molecule has 0 saturated carbocycles. The van der Waals surface area contributed by atoms with E-state index in [1.807, 2.05) is 85.8 Å². The maximum Gasteiger partial charge on any atom is 0.280 e. The molecule has 1 N–H and O–H groups in total. The van der Waals surface area contributed by atoms with Crippen molar-refractivity contribution in [3.63, 3.8) is 0 Å². The molecular formula is C28H26N2O3. The van der Waals surface area contributed by atoms with E-state index >= 15 is 0 Å².